The van der Waals surface area contributed by atoms with Gasteiger partial charge in [0.15, 0.2) is 0 Å². The van der Waals surface area contributed by atoms with E-state index in [4.69, 9.17) is 44.3 Å². The molecule has 0 saturated carbocycles. The van der Waals surface area contributed by atoms with E-state index in [2.05, 4.69) is 0 Å². The molecule has 8 heteroatoms. The standard InChI is InChI=1S/C21H16Cl3NO4/c1-3-25-18(29-14-6-4-5-13(22)10-14)11-17(26)19(21(27)28-2)20(25)12-7-8-15(23)16(24)9-12/h4-11H,3H2,1-2H3. The Labute approximate surface area is 182 Å². The number of carbonyl (C=O) groups excluding carboxylic acids is 1. The number of methoxy groups -OCH3 is 1. The molecule has 0 N–H and O–H groups in total. The summed E-state index contributed by atoms with van der Waals surface area (Å²) in [7, 11) is 1.22. The van der Waals surface area contributed by atoms with Crippen molar-refractivity contribution in [2.24, 2.45) is 0 Å². The van der Waals surface area contributed by atoms with Crippen LogP contribution in [0.2, 0.25) is 15.1 Å². The zero-order valence-corrected chi connectivity index (χ0v) is 17.8. The Morgan fingerprint density at radius 3 is 2.41 bits per heavy atom. The molecular formula is C21H16Cl3NO4. The van der Waals surface area contributed by atoms with Gasteiger partial charge in [0, 0.05) is 23.2 Å². The third kappa shape index (κ3) is 4.42. The fourth-order valence-corrected chi connectivity index (χ4v) is 3.40. The summed E-state index contributed by atoms with van der Waals surface area (Å²) in [6.07, 6.45) is 0. The van der Waals surface area contributed by atoms with Gasteiger partial charge in [-0.1, -0.05) is 46.9 Å². The van der Waals surface area contributed by atoms with Crippen LogP contribution in [0.1, 0.15) is 17.3 Å². The average Bonchev–Trinajstić information content (AvgIpc) is 2.69. The number of hydrogen-bond acceptors (Lipinski definition) is 4. The Morgan fingerprint density at radius 2 is 1.79 bits per heavy atom. The van der Waals surface area contributed by atoms with Gasteiger partial charge in [0.25, 0.3) is 0 Å². The van der Waals surface area contributed by atoms with E-state index in [1.807, 2.05) is 6.92 Å². The van der Waals surface area contributed by atoms with Gasteiger partial charge in [0.2, 0.25) is 11.3 Å². The van der Waals surface area contributed by atoms with E-state index in [0.717, 1.165) is 0 Å². The molecule has 0 atom stereocenters. The fraction of sp³-hybridized carbons (Fsp3) is 0.143. The molecular weight excluding hydrogens is 437 g/mol. The lowest BCUT2D eigenvalue weighted by Gasteiger charge is -2.20. The molecule has 0 spiro atoms. The first-order chi connectivity index (χ1) is 13.8. The van der Waals surface area contributed by atoms with E-state index in [0.29, 0.717) is 33.6 Å². The molecule has 0 aliphatic carbocycles. The van der Waals surface area contributed by atoms with Gasteiger partial charge in [-0.3, -0.25) is 4.79 Å². The van der Waals surface area contributed by atoms with Crippen LogP contribution in [0.25, 0.3) is 11.3 Å². The summed E-state index contributed by atoms with van der Waals surface area (Å²) in [6.45, 7) is 2.26. The minimum absolute atomic E-state index is 0.119. The van der Waals surface area contributed by atoms with E-state index >= 15 is 0 Å². The van der Waals surface area contributed by atoms with E-state index in [9.17, 15) is 9.59 Å². The maximum atomic E-state index is 12.8. The van der Waals surface area contributed by atoms with Crippen LogP contribution in [-0.4, -0.2) is 17.6 Å². The summed E-state index contributed by atoms with van der Waals surface area (Å²) in [4.78, 5) is 25.2. The van der Waals surface area contributed by atoms with E-state index in [1.165, 1.54) is 13.2 Å². The molecule has 1 aromatic heterocycles. The smallest absolute Gasteiger partial charge is 0.344 e. The Morgan fingerprint density at radius 1 is 1.03 bits per heavy atom. The molecule has 29 heavy (non-hydrogen) atoms. The van der Waals surface area contributed by atoms with Gasteiger partial charge in [-0.25, -0.2) is 4.79 Å². The van der Waals surface area contributed by atoms with Crippen molar-refractivity contribution in [2.75, 3.05) is 7.11 Å². The molecule has 0 bridgehead atoms. The Hall–Kier alpha value is -2.47. The molecule has 2 aromatic carbocycles. The average molecular weight is 453 g/mol. The van der Waals surface area contributed by atoms with Gasteiger partial charge in [0.1, 0.15) is 11.3 Å². The van der Waals surface area contributed by atoms with Crippen LogP contribution in [0.15, 0.2) is 53.3 Å². The summed E-state index contributed by atoms with van der Waals surface area (Å²) in [5.41, 5.74) is 0.184. The van der Waals surface area contributed by atoms with Gasteiger partial charge in [-0.15, -0.1) is 0 Å². The van der Waals surface area contributed by atoms with Gasteiger partial charge in [-0.05, 0) is 37.3 Å². The second-order valence-corrected chi connectivity index (χ2v) is 7.25. The third-order valence-electron chi connectivity index (χ3n) is 4.19. The lowest BCUT2D eigenvalue weighted by Crippen LogP contribution is -2.22. The number of nitrogens with zero attached hydrogens (tertiary/aromatic N) is 1. The predicted octanol–water partition coefficient (Wildman–Crippen LogP) is 6.07. The molecule has 0 aliphatic heterocycles. The van der Waals surface area contributed by atoms with Crippen molar-refractivity contribution in [2.45, 2.75) is 13.5 Å². The Kier molecular flexibility index (Phi) is 6.52. The van der Waals surface area contributed by atoms with E-state index in [1.54, 1.807) is 47.0 Å². The number of aromatic nitrogens is 1. The van der Waals surface area contributed by atoms with Crippen molar-refractivity contribution in [1.82, 2.24) is 4.57 Å². The number of benzene rings is 2. The lowest BCUT2D eigenvalue weighted by atomic mass is 10.0. The number of esters is 1. The van der Waals surface area contributed by atoms with Gasteiger partial charge < -0.3 is 14.0 Å². The maximum Gasteiger partial charge on any atom is 0.344 e. The second-order valence-electron chi connectivity index (χ2n) is 5.99. The van der Waals surface area contributed by atoms with Crippen LogP contribution >= 0.6 is 34.8 Å². The molecule has 0 saturated heterocycles. The van der Waals surface area contributed by atoms with Gasteiger partial charge in [0.05, 0.1) is 22.8 Å². The topological polar surface area (TPSA) is 57.5 Å². The third-order valence-corrected chi connectivity index (χ3v) is 5.17. The van der Waals surface area contributed by atoms with Crippen LogP contribution in [-0.2, 0) is 11.3 Å². The highest BCUT2D eigenvalue weighted by Crippen LogP contribution is 2.33. The largest absolute Gasteiger partial charge is 0.465 e. The maximum absolute atomic E-state index is 12.8. The Bertz CT molecular complexity index is 1140. The monoisotopic (exact) mass is 451 g/mol. The van der Waals surface area contributed by atoms with Crippen LogP contribution in [0.3, 0.4) is 0 Å². The number of hydrogen-bond donors (Lipinski definition) is 0. The lowest BCUT2D eigenvalue weighted by molar-refractivity contribution is 0.0599. The summed E-state index contributed by atoms with van der Waals surface area (Å²) in [5.74, 6) is -0.0638. The summed E-state index contributed by atoms with van der Waals surface area (Å²) in [5, 5.41) is 1.13. The SMILES string of the molecule is CCn1c(Oc2cccc(Cl)c2)cc(=O)c(C(=O)OC)c1-c1ccc(Cl)c(Cl)c1. The molecule has 1 heterocycles. The summed E-state index contributed by atoms with van der Waals surface area (Å²) in [6, 6.07) is 12.9. The number of halogens is 3. The molecule has 0 aliphatic rings. The van der Waals surface area contributed by atoms with Gasteiger partial charge in [-0.2, -0.15) is 0 Å². The van der Waals surface area contributed by atoms with Crippen molar-refractivity contribution in [3.63, 3.8) is 0 Å². The second kappa shape index (κ2) is 8.91. The minimum atomic E-state index is -0.757. The van der Waals surface area contributed by atoms with E-state index < -0.39 is 11.4 Å². The van der Waals surface area contributed by atoms with Crippen LogP contribution in [0, 0.1) is 0 Å². The number of ether oxygens (including phenoxy) is 2. The van der Waals surface area contributed by atoms with Crippen LogP contribution in [0.4, 0.5) is 0 Å². The fourth-order valence-electron chi connectivity index (χ4n) is 2.92. The van der Waals surface area contributed by atoms with Crippen molar-refractivity contribution >= 4 is 40.8 Å². The highest BCUT2D eigenvalue weighted by atomic mass is 35.5. The molecule has 3 rings (SSSR count). The Balaban J connectivity index is 2.29. The van der Waals surface area contributed by atoms with Crippen molar-refractivity contribution < 1.29 is 14.3 Å². The molecule has 5 nitrogen and oxygen atoms in total. The molecule has 150 valence electrons. The number of carbonyl (C=O) groups is 1. The molecule has 0 fully saturated rings. The van der Waals surface area contributed by atoms with Crippen molar-refractivity contribution in [3.05, 3.63) is 79.4 Å². The highest BCUT2D eigenvalue weighted by Gasteiger charge is 2.24. The first-order valence-corrected chi connectivity index (χ1v) is 9.74. The zero-order valence-electron chi connectivity index (χ0n) is 15.5. The minimum Gasteiger partial charge on any atom is -0.465 e. The molecule has 0 radical (unpaired) electrons. The first kappa shape index (κ1) is 21.2. The van der Waals surface area contributed by atoms with Crippen molar-refractivity contribution in [1.29, 1.82) is 0 Å². The van der Waals surface area contributed by atoms with Crippen LogP contribution in [0.5, 0.6) is 11.6 Å². The highest BCUT2D eigenvalue weighted by molar-refractivity contribution is 6.42. The molecule has 3 aromatic rings. The van der Waals surface area contributed by atoms with Crippen molar-refractivity contribution in [3.8, 4) is 22.9 Å². The van der Waals surface area contributed by atoms with E-state index in [-0.39, 0.29) is 16.5 Å². The quantitative estimate of drug-likeness (QED) is 0.441. The van der Waals surface area contributed by atoms with Crippen LogP contribution < -0.4 is 10.2 Å². The zero-order chi connectivity index (χ0) is 21.1. The molecule has 0 amide bonds. The number of pyridine rings is 1. The normalized spacial score (nSPS) is 10.7. The molecule has 0 unspecified atom stereocenters. The summed E-state index contributed by atoms with van der Waals surface area (Å²) >= 11 is 18.2. The number of rotatable bonds is 5. The predicted molar refractivity (Wildman–Crippen MR) is 115 cm³/mol. The summed E-state index contributed by atoms with van der Waals surface area (Å²) < 4.78 is 12.4. The first-order valence-electron chi connectivity index (χ1n) is 8.60. The van der Waals surface area contributed by atoms with Gasteiger partial charge >= 0.3 is 5.97 Å².